The smallest absolute Gasteiger partial charge is 0.176 e. The lowest BCUT2D eigenvalue weighted by Gasteiger charge is -2.21. The first-order valence-corrected chi connectivity index (χ1v) is 44.5. The van der Waals surface area contributed by atoms with Crippen LogP contribution >= 0.6 is 39.1 Å². The number of Topliss-reactive ketones (excluding diaryl/α,β-unsaturated/α-hetero) is 14. The summed E-state index contributed by atoms with van der Waals surface area (Å²) in [7, 11) is 0. The lowest BCUT2D eigenvalue weighted by atomic mass is 9.90. The number of ketones is 14. The fourth-order valence-corrected chi connectivity index (χ4v) is 14.5. The standard InChI is InChI=1S/C22H18N2O2.C16H13ClO3.C16H14O3.C15H11BrO3.C15H11ClO3.C15H12O3.C15H12O2/c23-15-10-12-16(13-11-15)24-20-17-8-4-5-9-18(17)22(26)19(20)21(25)14-6-2-1-3-7-14;1-10-2-7-14(18)13(8-10)16(20)9-15(19)11-3-5-12(17)6-4-11;1-11-7-8-14(17)13(9-11)16(19)10-15(18)12-5-3-2-4-6-12;2*16-11-6-7-13(17)12(8-11)15(19)9-14(18)10-4-2-1-3-5-10;16-13-9-5-4-8-12(13)15(18)10-14(17)11-6-2-1-3-7-11;16-14(12-7-3-1-4-8-12)11-15(17)13-9-5-2-6-10-13/h1-13,19-20,24H,23H2;2-8,18H,9H2,1H3;2-9,17H,10H2,1H3;2*1-8,17H,9H2;1-9,16H,10H2;1-10H,11H2. The van der Waals surface area contributed by atoms with Gasteiger partial charge in [-0.25, -0.2) is 0 Å². The topological polar surface area (TPSA) is 378 Å². The normalized spacial score (nSPS) is 11.7. The number of aryl methyl sites for hydroxylation is 2. The Morgan fingerprint density at radius 1 is 0.283 bits per heavy atom. The number of nitrogen functional groups attached to an aromatic ring is 1. The van der Waals surface area contributed by atoms with Crippen molar-refractivity contribution >= 4 is 131 Å². The number of nitrogens with two attached hydrogens (primary N) is 1. The molecule has 692 valence electrons. The van der Waals surface area contributed by atoms with E-state index in [0.29, 0.717) is 70.3 Å². The van der Waals surface area contributed by atoms with E-state index in [1.807, 2.05) is 86.6 Å². The van der Waals surface area contributed by atoms with Gasteiger partial charge in [0.1, 0.15) is 34.7 Å². The summed E-state index contributed by atoms with van der Waals surface area (Å²) in [6.07, 6.45) is -1.37. The SMILES string of the molecule is Cc1ccc(O)c(C(=O)CC(=O)c2ccc(Cl)cc2)c1.Cc1ccc(O)c(C(=O)CC(=O)c2ccccc2)c1.Nc1ccc(NC2c3ccccc3C(=O)C2C(=O)c2ccccc2)cc1.O=C(CC(=O)c1cc(Br)ccc1O)c1ccccc1.O=C(CC(=O)c1cc(Cl)ccc1O)c1ccccc1.O=C(CC(=O)c1ccccc1)c1ccccc1.O=C(CC(=O)c1ccccc1O)c1ccccc1. The van der Waals surface area contributed by atoms with Crippen LogP contribution in [0.4, 0.5) is 11.4 Å². The quantitative estimate of drug-likeness (QED) is 0.0136. The van der Waals surface area contributed by atoms with Crippen molar-refractivity contribution in [2.45, 2.75) is 58.4 Å². The van der Waals surface area contributed by atoms with Crippen LogP contribution in [-0.2, 0) is 0 Å². The van der Waals surface area contributed by atoms with Crippen LogP contribution in [0.3, 0.4) is 0 Å². The molecule has 0 fully saturated rings. The third-order valence-electron chi connectivity index (χ3n) is 21.0. The molecule has 0 saturated heterocycles. The number of para-hydroxylation sites is 1. The molecule has 0 aromatic heterocycles. The number of rotatable bonds is 28. The van der Waals surface area contributed by atoms with Gasteiger partial charge in [-0.1, -0.05) is 311 Å². The van der Waals surface area contributed by atoms with Crippen LogP contribution in [0.2, 0.25) is 10.0 Å². The molecular formula is C114H91BrCl2N2O19. The molecule has 21 nitrogen and oxygen atoms in total. The molecule has 8 N–H and O–H groups in total. The molecule has 0 bridgehead atoms. The zero-order valence-corrected chi connectivity index (χ0v) is 77.5. The minimum atomic E-state index is -0.785. The molecule has 2 unspecified atom stereocenters. The van der Waals surface area contributed by atoms with Crippen LogP contribution in [0.15, 0.2) is 387 Å². The van der Waals surface area contributed by atoms with E-state index in [-0.39, 0.29) is 159 Å². The summed E-state index contributed by atoms with van der Waals surface area (Å²) >= 11 is 14.7. The summed E-state index contributed by atoms with van der Waals surface area (Å²) in [5.41, 5.74) is 15.3. The molecule has 24 heteroatoms. The van der Waals surface area contributed by atoms with E-state index in [2.05, 4.69) is 21.2 Å². The van der Waals surface area contributed by atoms with Crippen molar-refractivity contribution in [2.75, 3.05) is 11.1 Å². The van der Waals surface area contributed by atoms with E-state index >= 15 is 0 Å². The Morgan fingerprint density at radius 3 is 0.928 bits per heavy atom. The zero-order chi connectivity index (χ0) is 99.3. The predicted molar refractivity (Wildman–Crippen MR) is 535 cm³/mol. The van der Waals surface area contributed by atoms with Crippen LogP contribution < -0.4 is 11.1 Å². The first-order chi connectivity index (χ1) is 66.3. The molecule has 0 heterocycles. The second-order valence-corrected chi connectivity index (χ2v) is 32.9. The number of phenols is 5. The molecule has 0 spiro atoms. The Kier molecular flexibility index (Phi) is 38.6. The number of anilines is 2. The lowest BCUT2D eigenvalue weighted by Crippen LogP contribution is -2.28. The second-order valence-electron chi connectivity index (χ2n) is 31.1. The molecule has 1 aliphatic rings. The first-order valence-electron chi connectivity index (χ1n) is 42.9. The van der Waals surface area contributed by atoms with Gasteiger partial charge in [0, 0.05) is 76.0 Å². The fourth-order valence-electron chi connectivity index (χ4n) is 13.8. The van der Waals surface area contributed by atoms with E-state index in [1.54, 1.807) is 255 Å². The van der Waals surface area contributed by atoms with Gasteiger partial charge in [0.25, 0.3) is 0 Å². The summed E-state index contributed by atoms with van der Waals surface area (Å²) in [6.45, 7) is 3.65. The number of hydrogen-bond donors (Lipinski definition) is 7. The molecule has 1 aliphatic carbocycles. The number of halogens is 3. The number of aromatic hydroxyl groups is 5. The van der Waals surface area contributed by atoms with Crippen molar-refractivity contribution in [1.29, 1.82) is 0 Å². The molecule has 16 rings (SSSR count). The minimum Gasteiger partial charge on any atom is -0.507 e. The van der Waals surface area contributed by atoms with Gasteiger partial charge in [0.05, 0.1) is 72.4 Å². The van der Waals surface area contributed by atoms with Crippen molar-refractivity contribution in [3.63, 3.8) is 0 Å². The van der Waals surface area contributed by atoms with Gasteiger partial charge in [-0.3, -0.25) is 67.1 Å². The molecule has 0 amide bonds. The minimum absolute atomic E-state index is 0.0665. The van der Waals surface area contributed by atoms with E-state index < -0.39 is 29.3 Å². The Labute approximate surface area is 814 Å². The Hall–Kier alpha value is -16.7. The number of benzene rings is 15. The van der Waals surface area contributed by atoms with Crippen molar-refractivity contribution in [1.82, 2.24) is 0 Å². The maximum Gasteiger partial charge on any atom is 0.176 e. The van der Waals surface area contributed by atoms with Crippen LogP contribution in [0.1, 0.15) is 206 Å². The van der Waals surface area contributed by atoms with E-state index in [1.165, 1.54) is 54.6 Å². The van der Waals surface area contributed by atoms with Crippen molar-refractivity contribution in [2.24, 2.45) is 5.92 Å². The molecule has 15 aromatic rings. The molecule has 0 radical (unpaired) electrons. The summed E-state index contributed by atoms with van der Waals surface area (Å²) in [4.78, 5) is 169. The highest BCUT2D eigenvalue weighted by atomic mass is 79.9. The number of fused-ring (bicyclic) bond motifs is 1. The number of nitrogens with one attached hydrogen (secondary N) is 1. The monoisotopic (exact) mass is 1940 g/mol. The third kappa shape index (κ3) is 30.7. The lowest BCUT2D eigenvalue weighted by molar-refractivity contribution is 0.0800. The fraction of sp³-hybridized carbons (Fsp3) is 0.0877. The van der Waals surface area contributed by atoms with Crippen molar-refractivity contribution < 1.29 is 92.7 Å². The Morgan fingerprint density at radius 2 is 0.558 bits per heavy atom. The summed E-state index contributed by atoms with van der Waals surface area (Å²) in [6, 6.07) is 106. The van der Waals surface area contributed by atoms with E-state index in [0.717, 1.165) is 22.4 Å². The average molecular weight is 1940 g/mol. The van der Waals surface area contributed by atoms with Crippen LogP contribution in [0, 0.1) is 19.8 Å². The molecular weight excluding hydrogens is 1850 g/mol. The van der Waals surface area contributed by atoms with Crippen LogP contribution in [0.25, 0.3) is 0 Å². The van der Waals surface area contributed by atoms with Gasteiger partial charge in [0.2, 0.25) is 0 Å². The Bertz CT molecular complexity index is 6580. The number of phenolic OH excluding ortho intramolecular Hbond substituents is 5. The highest BCUT2D eigenvalue weighted by Crippen LogP contribution is 2.41. The maximum absolute atomic E-state index is 13.1. The Balaban J connectivity index is 0.000000167. The van der Waals surface area contributed by atoms with Crippen LogP contribution in [-0.4, -0.2) is 106 Å². The maximum atomic E-state index is 13.1. The number of hydrogen-bond acceptors (Lipinski definition) is 21. The zero-order valence-electron chi connectivity index (χ0n) is 74.4. The number of carbonyl (C=O) groups is 14. The van der Waals surface area contributed by atoms with Gasteiger partial charge in [-0.05, 0) is 141 Å². The molecule has 15 aromatic carbocycles. The van der Waals surface area contributed by atoms with Crippen molar-refractivity contribution in [3.05, 3.63) is 491 Å². The summed E-state index contributed by atoms with van der Waals surface area (Å²) in [5.74, 6) is -5.26. The van der Waals surface area contributed by atoms with Crippen LogP contribution in [0.5, 0.6) is 28.7 Å². The third-order valence-corrected chi connectivity index (χ3v) is 22.0. The second kappa shape index (κ2) is 51.5. The van der Waals surface area contributed by atoms with Gasteiger partial charge < -0.3 is 36.6 Å². The highest BCUT2D eigenvalue weighted by molar-refractivity contribution is 9.10. The molecule has 0 aliphatic heterocycles. The molecule has 138 heavy (non-hydrogen) atoms. The summed E-state index contributed by atoms with van der Waals surface area (Å²) < 4.78 is 0.681. The first kappa shape index (κ1) is 103. The van der Waals surface area contributed by atoms with Gasteiger partial charge >= 0.3 is 0 Å². The summed E-state index contributed by atoms with van der Waals surface area (Å²) in [5, 5.41) is 52.3. The molecule has 0 saturated carbocycles. The van der Waals surface area contributed by atoms with E-state index in [4.69, 9.17) is 28.9 Å². The van der Waals surface area contributed by atoms with Crippen molar-refractivity contribution in [3.8, 4) is 28.7 Å². The average Bonchev–Trinajstić information content (AvgIpc) is 1.61. The predicted octanol–water partition coefficient (Wildman–Crippen LogP) is 24.2. The van der Waals surface area contributed by atoms with Gasteiger partial charge in [0.15, 0.2) is 81.0 Å². The highest BCUT2D eigenvalue weighted by Gasteiger charge is 2.44. The number of carbonyl (C=O) groups excluding carboxylic acids is 14. The van der Waals surface area contributed by atoms with Gasteiger partial charge in [-0.2, -0.15) is 0 Å². The van der Waals surface area contributed by atoms with Gasteiger partial charge in [-0.15, -0.1) is 0 Å². The largest absolute Gasteiger partial charge is 0.507 e. The van der Waals surface area contributed by atoms with E-state index in [9.17, 15) is 92.7 Å². The molecule has 2 atom stereocenters.